The number of carbonyl (C=O) groups is 1. The van der Waals surface area contributed by atoms with E-state index in [2.05, 4.69) is 35.2 Å². The summed E-state index contributed by atoms with van der Waals surface area (Å²) in [6.45, 7) is 5.19. The summed E-state index contributed by atoms with van der Waals surface area (Å²) in [6, 6.07) is 15.7. The molecule has 1 fully saturated rings. The topological polar surface area (TPSA) is 92.1 Å². The summed E-state index contributed by atoms with van der Waals surface area (Å²) < 4.78 is 1.75. The van der Waals surface area contributed by atoms with Crippen molar-refractivity contribution < 1.29 is 4.79 Å². The van der Waals surface area contributed by atoms with Crippen LogP contribution in [-0.2, 0) is 0 Å². The molecule has 166 valence electrons. The number of amides is 1. The van der Waals surface area contributed by atoms with Gasteiger partial charge in [-0.2, -0.15) is 5.10 Å². The third kappa shape index (κ3) is 4.38. The van der Waals surface area contributed by atoms with Crippen molar-refractivity contribution in [3.8, 4) is 5.69 Å². The summed E-state index contributed by atoms with van der Waals surface area (Å²) in [5.74, 6) is 1.40. The minimum Gasteiger partial charge on any atom is -0.353 e. The third-order valence-corrected chi connectivity index (χ3v) is 5.69. The van der Waals surface area contributed by atoms with Gasteiger partial charge in [0, 0.05) is 32.4 Å². The molecule has 1 aliphatic heterocycles. The zero-order valence-corrected chi connectivity index (χ0v) is 18.3. The Hall–Kier alpha value is -4.27. The van der Waals surface area contributed by atoms with Crippen molar-refractivity contribution in [3.63, 3.8) is 0 Å². The Kier molecular flexibility index (Phi) is 5.67. The fraction of sp³-hybridized carbons (Fsp3) is 0.208. The van der Waals surface area contributed by atoms with Gasteiger partial charge in [0.15, 0.2) is 0 Å². The Bertz CT molecular complexity index is 1220. The molecule has 1 saturated heterocycles. The molecule has 4 heterocycles. The maximum absolute atomic E-state index is 12.8. The van der Waals surface area contributed by atoms with Crippen LogP contribution < -0.4 is 15.1 Å². The first kappa shape index (κ1) is 20.6. The number of anilines is 3. The highest BCUT2D eigenvalue weighted by atomic mass is 16.1. The van der Waals surface area contributed by atoms with Crippen molar-refractivity contribution in [2.75, 3.05) is 41.3 Å². The first-order chi connectivity index (χ1) is 16.2. The Balaban J connectivity index is 1.21. The molecule has 3 aromatic heterocycles. The van der Waals surface area contributed by atoms with Gasteiger partial charge < -0.3 is 15.1 Å². The number of nitrogens with one attached hydrogen (secondary N) is 1. The Morgan fingerprint density at radius 1 is 0.848 bits per heavy atom. The van der Waals surface area contributed by atoms with Gasteiger partial charge in [-0.3, -0.25) is 4.79 Å². The van der Waals surface area contributed by atoms with Crippen LogP contribution in [-0.4, -0.2) is 56.8 Å². The number of benzene rings is 1. The van der Waals surface area contributed by atoms with Crippen molar-refractivity contribution in [2.45, 2.75) is 6.92 Å². The lowest BCUT2D eigenvalue weighted by Crippen LogP contribution is -2.47. The molecule has 0 radical (unpaired) electrons. The van der Waals surface area contributed by atoms with Gasteiger partial charge in [0.25, 0.3) is 5.91 Å². The predicted octanol–water partition coefficient (Wildman–Crippen LogP) is 2.94. The number of pyridine rings is 1. The van der Waals surface area contributed by atoms with Gasteiger partial charge >= 0.3 is 0 Å². The summed E-state index contributed by atoms with van der Waals surface area (Å²) in [4.78, 5) is 30.5. The number of hydrogen-bond acceptors (Lipinski definition) is 7. The summed E-state index contributed by atoms with van der Waals surface area (Å²) in [6.07, 6.45) is 6.67. The molecule has 33 heavy (non-hydrogen) atoms. The van der Waals surface area contributed by atoms with Gasteiger partial charge in [0.2, 0.25) is 5.95 Å². The van der Waals surface area contributed by atoms with Crippen molar-refractivity contribution >= 4 is 23.4 Å². The van der Waals surface area contributed by atoms with Crippen LogP contribution in [0, 0.1) is 6.92 Å². The zero-order valence-electron chi connectivity index (χ0n) is 18.3. The highest BCUT2D eigenvalue weighted by Crippen LogP contribution is 2.18. The van der Waals surface area contributed by atoms with E-state index in [1.807, 2.05) is 61.7 Å². The largest absolute Gasteiger partial charge is 0.353 e. The van der Waals surface area contributed by atoms with Gasteiger partial charge in [-0.15, -0.1) is 0 Å². The molecule has 9 nitrogen and oxygen atoms in total. The van der Waals surface area contributed by atoms with E-state index in [0.717, 1.165) is 43.4 Å². The van der Waals surface area contributed by atoms with Crippen LogP contribution >= 0.6 is 0 Å². The van der Waals surface area contributed by atoms with E-state index in [-0.39, 0.29) is 5.91 Å². The Morgan fingerprint density at radius 2 is 1.55 bits per heavy atom. The first-order valence-electron chi connectivity index (χ1n) is 10.8. The second-order valence-corrected chi connectivity index (χ2v) is 7.78. The Labute approximate surface area is 191 Å². The predicted molar refractivity (Wildman–Crippen MR) is 127 cm³/mol. The van der Waals surface area contributed by atoms with Gasteiger partial charge in [-0.25, -0.2) is 19.6 Å². The zero-order chi connectivity index (χ0) is 22.6. The van der Waals surface area contributed by atoms with Crippen LogP contribution in [0.25, 0.3) is 5.69 Å². The first-order valence-corrected chi connectivity index (χ1v) is 10.8. The molecule has 1 amide bonds. The minimum absolute atomic E-state index is 0.241. The highest BCUT2D eigenvalue weighted by molar-refractivity contribution is 6.04. The summed E-state index contributed by atoms with van der Waals surface area (Å²) in [7, 11) is 0. The maximum Gasteiger partial charge on any atom is 0.259 e. The van der Waals surface area contributed by atoms with Crippen LogP contribution in [0.15, 0.2) is 73.3 Å². The standard InChI is InChI=1S/C24H24N8O/c1-18-21(17-28-32(18)20-7-3-2-4-8-20)23(33)29-19-15-26-24(27-16-19)31-13-11-30(12-14-31)22-9-5-6-10-25-22/h2-10,15-17H,11-14H2,1H3,(H,29,33). The van der Waals surface area contributed by atoms with Gasteiger partial charge in [-0.05, 0) is 31.2 Å². The molecule has 0 spiro atoms. The smallest absolute Gasteiger partial charge is 0.259 e. The SMILES string of the molecule is Cc1c(C(=O)Nc2cnc(N3CCN(c4ccccn4)CC3)nc2)cnn1-c1ccccc1. The average Bonchev–Trinajstić information content (AvgIpc) is 3.27. The van der Waals surface area contributed by atoms with Crippen LogP contribution in [0.5, 0.6) is 0 Å². The molecule has 0 aliphatic carbocycles. The number of aromatic nitrogens is 5. The molecule has 0 bridgehead atoms. The van der Waals surface area contributed by atoms with E-state index in [4.69, 9.17) is 0 Å². The minimum atomic E-state index is -0.241. The summed E-state index contributed by atoms with van der Waals surface area (Å²) in [5, 5.41) is 7.23. The molecule has 0 saturated carbocycles. The van der Waals surface area contributed by atoms with E-state index in [1.165, 1.54) is 0 Å². The van der Waals surface area contributed by atoms with Gasteiger partial charge in [0.05, 0.1) is 41.2 Å². The van der Waals surface area contributed by atoms with Crippen LogP contribution in [0.1, 0.15) is 16.1 Å². The highest BCUT2D eigenvalue weighted by Gasteiger charge is 2.20. The van der Waals surface area contributed by atoms with Crippen LogP contribution in [0.3, 0.4) is 0 Å². The fourth-order valence-corrected chi connectivity index (χ4v) is 3.89. The number of para-hydroxylation sites is 1. The van der Waals surface area contributed by atoms with E-state index in [9.17, 15) is 4.79 Å². The lowest BCUT2D eigenvalue weighted by atomic mass is 10.2. The lowest BCUT2D eigenvalue weighted by molar-refractivity contribution is 0.102. The number of hydrogen-bond donors (Lipinski definition) is 1. The molecular formula is C24H24N8O. The number of rotatable bonds is 5. The van der Waals surface area contributed by atoms with Crippen molar-refractivity contribution in [3.05, 3.63) is 84.6 Å². The number of nitrogens with zero attached hydrogens (tertiary/aromatic N) is 7. The number of carbonyl (C=O) groups excluding carboxylic acids is 1. The molecular weight excluding hydrogens is 416 g/mol. The summed E-state index contributed by atoms with van der Waals surface area (Å²) >= 11 is 0. The summed E-state index contributed by atoms with van der Waals surface area (Å²) in [5.41, 5.74) is 2.73. The van der Waals surface area contributed by atoms with Crippen LogP contribution in [0.4, 0.5) is 17.5 Å². The quantitative estimate of drug-likeness (QED) is 0.510. The second-order valence-electron chi connectivity index (χ2n) is 7.78. The van der Waals surface area contributed by atoms with Crippen LogP contribution in [0.2, 0.25) is 0 Å². The maximum atomic E-state index is 12.8. The van der Waals surface area contributed by atoms with Gasteiger partial charge in [0.1, 0.15) is 5.82 Å². The average molecular weight is 441 g/mol. The monoisotopic (exact) mass is 440 g/mol. The molecule has 1 aliphatic rings. The molecule has 1 aromatic carbocycles. The normalized spacial score (nSPS) is 13.7. The molecule has 5 rings (SSSR count). The number of piperazine rings is 1. The molecule has 1 N–H and O–H groups in total. The van der Waals surface area contributed by atoms with Crippen molar-refractivity contribution in [1.29, 1.82) is 0 Å². The lowest BCUT2D eigenvalue weighted by Gasteiger charge is -2.35. The van der Waals surface area contributed by atoms with Crippen molar-refractivity contribution in [2.24, 2.45) is 0 Å². The van der Waals surface area contributed by atoms with E-state index in [1.54, 1.807) is 23.3 Å². The second kappa shape index (κ2) is 9.07. The molecule has 9 heteroatoms. The van der Waals surface area contributed by atoms with E-state index in [0.29, 0.717) is 17.2 Å². The van der Waals surface area contributed by atoms with Gasteiger partial charge in [-0.1, -0.05) is 24.3 Å². The Morgan fingerprint density at radius 3 is 2.24 bits per heavy atom. The fourth-order valence-electron chi connectivity index (χ4n) is 3.89. The van der Waals surface area contributed by atoms with E-state index >= 15 is 0 Å². The molecule has 4 aromatic rings. The molecule has 0 unspecified atom stereocenters. The van der Waals surface area contributed by atoms with Crippen molar-refractivity contribution in [1.82, 2.24) is 24.7 Å². The third-order valence-electron chi connectivity index (χ3n) is 5.69. The molecule has 0 atom stereocenters. The van der Waals surface area contributed by atoms with E-state index < -0.39 is 0 Å².